The lowest BCUT2D eigenvalue weighted by Crippen LogP contribution is -2.09. The fourth-order valence-corrected chi connectivity index (χ4v) is 5.71. The highest BCUT2D eigenvalue weighted by Crippen LogP contribution is 2.15. The highest BCUT2D eigenvalue weighted by molar-refractivity contribution is 6.59. The molecule has 0 fully saturated rings. The van der Waals surface area contributed by atoms with Crippen LogP contribution in [0.3, 0.4) is 0 Å². The molecule has 0 saturated carbocycles. The molecular weight excluding hydrogens is 292 g/mol. The van der Waals surface area contributed by atoms with Crippen molar-refractivity contribution in [1.29, 1.82) is 0 Å². The second-order valence-corrected chi connectivity index (χ2v) is 10.4. The molecule has 0 atom stereocenters. The molecule has 0 bridgehead atoms. The summed E-state index contributed by atoms with van der Waals surface area (Å²) >= 11 is 0. The maximum atomic E-state index is 2.53. The molecule has 0 unspecified atom stereocenters. The normalized spacial score (nSPS) is 12.2. The first-order valence-corrected chi connectivity index (χ1v) is 13.1. The summed E-state index contributed by atoms with van der Waals surface area (Å²) in [6.07, 6.45) is 26.5. The summed E-state index contributed by atoms with van der Waals surface area (Å²) in [5, 5.41) is 0. The van der Waals surface area contributed by atoms with Gasteiger partial charge in [0.15, 0.2) is 0 Å². The van der Waals surface area contributed by atoms with Crippen molar-refractivity contribution in [3.8, 4) is 0 Å². The monoisotopic (exact) mass is 336 g/mol. The molecule has 0 amide bonds. The van der Waals surface area contributed by atoms with E-state index >= 15 is 0 Å². The quantitative estimate of drug-likeness (QED) is 0.143. The van der Waals surface area contributed by atoms with E-state index in [0.29, 0.717) is 0 Å². The summed E-state index contributed by atoms with van der Waals surface area (Å²) in [6, 6.07) is 4.41. The van der Waals surface area contributed by atoms with Crippen LogP contribution in [-0.2, 0) is 0 Å². The zero-order chi connectivity index (χ0) is 17.0. The van der Waals surface area contributed by atoms with E-state index < -0.39 is 8.80 Å². The second-order valence-electron chi connectivity index (χ2n) is 7.12. The Labute approximate surface area is 149 Å². The van der Waals surface area contributed by atoms with Crippen molar-refractivity contribution < 1.29 is 0 Å². The van der Waals surface area contributed by atoms with Crippen LogP contribution in [-0.4, -0.2) is 8.80 Å². The number of unbranched alkanes of at least 4 members (excludes halogenated alkanes) is 9. The molecule has 0 aliphatic rings. The minimum atomic E-state index is -0.568. The topological polar surface area (TPSA) is 0 Å². The lowest BCUT2D eigenvalue weighted by Gasteiger charge is -2.11. The standard InChI is InChI=1S/C22H44Si/c1-4-7-10-13-15-18-21-23(20-17-12-9-6-3)22-19-16-14-11-8-5-2/h15-16,18-19,23H,4-14,17,20-22H2,1-3H3/b18-15+,19-16+. The second kappa shape index (κ2) is 19.7. The SMILES string of the molecule is CCCCC/C=C/C[SiH](C/C=C/CCCCC)CCCCCC. The van der Waals surface area contributed by atoms with Gasteiger partial charge >= 0.3 is 0 Å². The molecular formula is C22H44Si. The maximum Gasteiger partial charge on any atom is 0.0443 e. The van der Waals surface area contributed by atoms with E-state index in [1.54, 1.807) is 6.04 Å². The van der Waals surface area contributed by atoms with Crippen LogP contribution in [0, 0.1) is 0 Å². The van der Waals surface area contributed by atoms with Gasteiger partial charge in [0, 0.05) is 8.80 Å². The van der Waals surface area contributed by atoms with E-state index in [1.165, 1.54) is 89.1 Å². The van der Waals surface area contributed by atoms with E-state index in [-0.39, 0.29) is 0 Å². The van der Waals surface area contributed by atoms with Gasteiger partial charge < -0.3 is 0 Å². The highest BCUT2D eigenvalue weighted by atomic mass is 28.3. The third-order valence-electron chi connectivity index (χ3n) is 4.69. The zero-order valence-corrected chi connectivity index (χ0v) is 17.6. The van der Waals surface area contributed by atoms with Gasteiger partial charge in [-0.3, -0.25) is 0 Å². The number of hydrogen-bond acceptors (Lipinski definition) is 0. The maximum absolute atomic E-state index is 2.53. The minimum Gasteiger partial charge on any atom is -0.0914 e. The predicted molar refractivity (Wildman–Crippen MR) is 112 cm³/mol. The summed E-state index contributed by atoms with van der Waals surface area (Å²) in [6.45, 7) is 6.89. The van der Waals surface area contributed by atoms with E-state index in [2.05, 4.69) is 45.1 Å². The smallest absolute Gasteiger partial charge is 0.0443 e. The molecule has 0 aliphatic carbocycles. The molecule has 1 heteroatoms. The zero-order valence-electron chi connectivity index (χ0n) is 16.5. The van der Waals surface area contributed by atoms with Crippen molar-refractivity contribution in [3.63, 3.8) is 0 Å². The van der Waals surface area contributed by atoms with E-state index in [4.69, 9.17) is 0 Å². The summed E-state index contributed by atoms with van der Waals surface area (Å²) in [5.74, 6) is 0. The summed E-state index contributed by atoms with van der Waals surface area (Å²) in [4.78, 5) is 0. The van der Waals surface area contributed by atoms with Crippen molar-refractivity contribution in [1.82, 2.24) is 0 Å². The largest absolute Gasteiger partial charge is 0.0914 e. The van der Waals surface area contributed by atoms with Crippen molar-refractivity contribution in [2.24, 2.45) is 0 Å². The van der Waals surface area contributed by atoms with Crippen LogP contribution in [0.25, 0.3) is 0 Å². The minimum absolute atomic E-state index is 0.568. The fourth-order valence-electron chi connectivity index (χ4n) is 3.03. The van der Waals surface area contributed by atoms with Crippen LogP contribution < -0.4 is 0 Å². The molecule has 0 aliphatic heterocycles. The first-order valence-electron chi connectivity index (χ1n) is 10.6. The Morgan fingerprint density at radius 3 is 1.48 bits per heavy atom. The fraction of sp³-hybridized carbons (Fsp3) is 0.818. The van der Waals surface area contributed by atoms with Gasteiger partial charge in [-0.25, -0.2) is 0 Å². The molecule has 0 aromatic rings. The van der Waals surface area contributed by atoms with Crippen LogP contribution in [0.5, 0.6) is 0 Å². The Morgan fingerprint density at radius 2 is 1.00 bits per heavy atom. The lowest BCUT2D eigenvalue weighted by molar-refractivity contribution is 0.698. The Balaban J connectivity index is 3.96. The van der Waals surface area contributed by atoms with Crippen LogP contribution >= 0.6 is 0 Å². The summed E-state index contributed by atoms with van der Waals surface area (Å²) < 4.78 is 0. The van der Waals surface area contributed by atoms with Crippen molar-refractivity contribution >= 4 is 8.80 Å². The first kappa shape index (κ1) is 22.7. The molecule has 0 nitrogen and oxygen atoms in total. The molecule has 0 N–H and O–H groups in total. The molecule has 23 heavy (non-hydrogen) atoms. The number of rotatable bonds is 17. The van der Waals surface area contributed by atoms with Crippen LogP contribution in [0.2, 0.25) is 18.1 Å². The third-order valence-corrected chi connectivity index (χ3v) is 7.79. The number of hydrogen-bond donors (Lipinski definition) is 0. The molecule has 0 saturated heterocycles. The molecule has 0 aromatic heterocycles. The van der Waals surface area contributed by atoms with E-state index in [0.717, 1.165) is 0 Å². The van der Waals surface area contributed by atoms with E-state index in [1.807, 2.05) is 0 Å². The van der Waals surface area contributed by atoms with E-state index in [9.17, 15) is 0 Å². The predicted octanol–water partition coefficient (Wildman–Crippen LogP) is 8.07. The molecule has 0 heterocycles. The van der Waals surface area contributed by atoms with Crippen LogP contribution in [0.1, 0.15) is 97.8 Å². The Bertz CT molecular complexity index is 245. The van der Waals surface area contributed by atoms with Gasteiger partial charge in [0.25, 0.3) is 0 Å². The summed E-state index contributed by atoms with van der Waals surface area (Å²) in [5.41, 5.74) is 0. The molecule has 136 valence electrons. The van der Waals surface area contributed by atoms with Gasteiger partial charge in [0.05, 0.1) is 0 Å². The highest BCUT2D eigenvalue weighted by Gasteiger charge is 2.06. The van der Waals surface area contributed by atoms with Gasteiger partial charge in [0.1, 0.15) is 0 Å². The lowest BCUT2D eigenvalue weighted by atomic mass is 10.2. The Hall–Kier alpha value is -0.303. The van der Waals surface area contributed by atoms with Crippen LogP contribution in [0.4, 0.5) is 0 Å². The molecule has 0 radical (unpaired) electrons. The number of allylic oxidation sites excluding steroid dienone is 4. The summed E-state index contributed by atoms with van der Waals surface area (Å²) in [7, 11) is -0.568. The molecule has 0 aromatic carbocycles. The van der Waals surface area contributed by atoms with Crippen molar-refractivity contribution in [3.05, 3.63) is 24.3 Å². The molecule has 0 spiro atoms. The average molecular weight is 337 g/mol. The average Bonchev–Trinajstić information content (AvgIpc) is 2.57. The molecule has 0 rings (SSSR count). The van der Waals surface area contributed by atoms with Gasteiger partial charge in [-0.2, -0.15) is 0 Å². The van der Waals surface area contributed by atoms with Gasteiger partial charge in [0.2, 0.25) is 0 Å². The first-order chi connectivity index (χ1) is 11.3. The van der Waals surface area contributed by atoms with Crippen LogP contribution in [0.15, 0.2) is 24.3 Å². The Kier molecular flexibility index (Phi) is 19.5. The van der Waals surface area contributed by atoms with Crippen molar-refractivity contribution in [2.45, 2.75) is 116 Å². The third kappa shape index (κ3) is 17.9. The van der Waals surface area contributed by atoms with Crippen molar-refractivity contribution in [2.75, 3.05) is 0 Å². The van der Waals surface area contributed by atoms with Gasteiger partial charge in [-0.05, 0) is 37.8 Å². The van der Waals surface area contributed by atoms with Gasteiger partial charge in [-0.15, -0.1) is 0 Å². The Morgan fingerprint density at radius 1 is 0.522 bits per heavy atom. The van der Waals surface area contributed by atoms with Gasteiger partial charge in [-0.1, -0.05) is 102 Å².